The number of thiophene rings is 1. The number of rotatable bonds is 5. The van der Waals surface area contributed by atoms with Crippen molar-refractivity contribution in [2.45, 2.75) is 51.1 Å². The van der Waals surface area contributed by atoms with Gasteiger partial charge in [0.25, 0.3) is 0 Å². The second-order valence-electron chi connectivity index (χ2n) is 5.87. The summed E-state index contributed by atoms with van der Waals surface area (Å²) < 4.78 is 0. The minimum atomic E-state index is -0.423. The largest absolute Gasteiger partial charge is 0.333 e. The summed E-state index contributed by atoms with van der Waals surface area (Å²) in [6, 6.07) is 3.93. The average molecular weight is 323 g/mol. The van der Waals surface area contributed by atoms with Gasteiger partial charge in [-0.25, -0.2) is 4.79 Å². The Morgan fingerprint density at radius 1 is 1.27 bits per heavy atom. The van der Waals surface area contributed by atoms with Crippen molar-refractivity contribution in [1.29, 1.82) is 0 Å². The Hall–Kier alpha value is -1.40. The standard InChI is InChI=1S/C16H25N3O2S/c1-19(13-7-4-2-3-5-8-13)12-15(20)18-16(21)17-11-14-9-6-10-22-14/h6,9-10,13H,2-5,7-8,11-12H2,1H3,(H2,17,18,20,21). The molecule has 1 aromatic heterocycles. The number of hydrogen-bond donors (Lipinski definition) is 2. The molecule has 0 saturated heterocycles. The minimum absolute atomic E-state index is 0.240. The van der Waals surface area contributed by atoms with E-state index >= 15 is 0 Å². The fraction of sp³-hybridized carbons (Fsp3) is 0.625. The summed E-state index contributed by atoms with van der Waals surface area (Å²) in [6.07, 6.45) is 7.35. The molecule has 0 aliphatic heterocycles. The lowest BCUT2D eigenvalue weighted by Crippen LogP contribution is -2.45. The van der Waals surface area contributed by atoms with Crippen LogP contribution in [-0.4, -0.2) is 36.5 Å². The summed E-state index contributed by atoms with van der Waals surface area (Å²) >= 11 is 1.58. The number of nitrogens with one attached hydrogen (secondary N) is 2. The van der Waals surface area contributed by atoms with Gasteiger partial charge in [0.2, 0.25) is 5.91 Å². The van der Waals surface area contributed by atoms with E-state index in [0.29, 0.717) is 12.6 Å². The molecule has 0 bridgehead atoms. The highest BCUT2D eigenvalue weighted by Gasteiger charge is 2.19. The molecule has 2 N–H and O–H groups in total. The van der Waals surface area contributed by atoms with Gasteiger partial charge in [-0.1, -0.05) is 31.7 Å². The first-order valence-corrected chi connectivity index (χ1v) is 8.83. The average Bonchev–Trinajstić information content (AvgIpc) is 2.85. The van der Waals surface area contributed by atoms with Crippen LogP contribution in [0.25, 0.3) is 0 Å². The van der Waals surface area contributed by atoms with Gasteiger partial charge in [-0.05, 0) is 31.3 Å². The van der Waals surface area contributed by atoms with E-state index in [4.69, 9.17) is 0 Å². The number of urea groups is 1. The molecule has 0 radical (unpaired) electrons. The van der Waals surface area contributed by atoms with Crippen LogP contribution in [0.4, 0.5) is 4.79 Å². The van der Waals surface area contributed by atoms with Crippen LogP contribution in [0.15, 0.2) is 17.5 Å². The lowest BCUT2D eigenvalue weighted by Gasteiger charge is -2.26. The van der Waals surface area contributed by atoms with E-state index in [2.05, 4.69) is 15.5 Å². The number of carbonyl (C=O) groups excluding carboxylic acids is 2. The van der Waals surface area contributed by atoms with Gasteiger partial charge < -0.3 is 5.32 Å². The van der Waals surface area contributed by atoms with E-state index in [1.807, 2.05) is 24.6 Å². The molecule has 1 saturated carbocycles. The number of hydrogen-bond acceptors (Lipinski definition) is 4. The highest BCUT2D eigenvalue weighted by Crippen LogP contribution is 2.20. The Kier molecular flexibility index (Phi) is 6.86. The van der Waals surface area contributed by atoms with Crippen LogP contribution < -0.4 is 10.6 Å². The summed E-state index contributed by atoms with van der Waals surface area (Å²) in [5.41, 5.74) is 0. The molecule has 1 heterocycles. The third-order valence-corrected chi connectivity index (χ3v) is 4.97. The second kappa shape index (κ2) is 8.90. The van der Waals surface area contributed by atoms with Gasteiger partial charge in [0.15, 0.2) is 0 Å². The maximum atomic E-state index is 11.9. The normalized spacial score (nSPS) is 16.3. The van der Waals surface area contributed by atoms with Crippen molar-refractivity contribution < 1.29 is 9.59 Å². The zero-order chi connectivity index (χ0) is 15.8. The first kappa shape index (κ1) is 17.0. The third-order valence-electron chi connectivity index (χ3n) is 4.10. The van der Waals surface area contributed by atoms with Crippen molar-refractivity contribution in [2.75, 3.05) is 13.6 Å². The molecule has 122 valence electrons. The molecular weight excluding hydrogens is 298 g/mol. The van der Waals surface area contributed by atoms with E-state index in [1.165, 1.54) is 25.7 Å². The van der Waals surface area contributed by atoms with Crippen LogP contribution in [0.5, 0.6) is 0 Å². The molecule has 0 unspecified atom stereocenters. The molecule has 22 heavy (non-hydrogen) atoms. The number of carbonyl (C=O) groups is 2. The van der Waals surface area contributed by atoms with E-state index in [9.17, 15) is 9.59 Å². The van der Waals surface area contributed by atoms with Gasteiger partial charge in [-0.15, -0.1) is 11.3 Å². The molecule has 1 aliphatic rings. The molecule has 5 nitrogen and oxygen atoms in total. The quantitative estimate of drug-likeness (QED) is 0.819. The first-order chi connectivity index (χ1) is 10.6. The number of imide groups is 1. The highest BCUT2D eigenvalue weighted by molar-refractivity contribution is 7.09. The third kappa shape index (κ3) is 5.77. The van der Waals surface area contributed by atoms with Crippen LogP contribution in [0.1, 0.15) is 43.4 Å². The predicted octanol–water partition coefficient (Wildman–Crippen LogP) is 2.73. The second-order valence-corrected chi connectivity index (χ2v) is 6.90. The molecule has 1 aliphatic carbocycles. The molecule has 0 aromatic carbocycles. The fourth-order valence-corrected chi connectivity index (χ4v) is 3.49. The predicted molar refractivity (Wildman–Crippen MR) is 88.8 cm³/mol. The van der Waals surface area contributed by atoms with Crippen molar-refractivity contribution in [3.63, 3.8) is 0 Å². The Bertz CT molecular complexity index is 468. The molecule has 0 spiro atoms. The van der Waals surface area contributed by atoms with Crippen LogP contribution in [0, 0.1) is 0 Å². The van der Waals surface area contributed by atoms with Crippen molar-refractivity contribution >= 4 is 23.3 Å². The lowest BCUT2D eigenvalue weighted by atomic mass is 10.1. The van der Waals surface area contributed by atoms with Gasteiger partial charge in [0.1, 0.15) is 0 Å². The molecule has 2 rings (SSSR count). The van der Waals surface area contributed by atoms with E-state index < -0.39 is 6.03 Å². The molecule has 1 fully saturated rings. The Labute approximate surface area is 136 Å². The Morgan fingerprint density at radius 3 is 2.64 bits per heavy atom. The zero-order valence-corrected chi connectivity index (χ0v) is 14.0. The van der Waals surface area contributed by atoms with Gasteiger partial charge in [-0.2, -0.15) is 0 Å². The van der Waals surface area contributed by atoms with Crippen molar-refractivity contribution in [3.8, 4) is 0 Å². The number of amides is 3. The smallest absolute Gasteiger partial charge is 0.321 e. The van der Waals surface area contributed by atoms with E-state index in [0.717, 1.165) is 17.7 Å². The minimum Gasteiger partial charge on any atom is -0.333 e. The zero-order valence-electron chi connectivity index (χ0n) is 13.1. The van der Waals surface area contributed by atoms with Crippen LogP contribution in [0.2, 0.25) is 0 Å². The number of nitrogens with zero attached hydrogens (tertiary/aromatic N) is 1. The Morgan fingerprint density at radius 2 is 2.00 bits per heavy atom. The number of likely N-dealkylation sites (N-methyl/N-ethyl adjacent to an activating group) is 1. The SMILES string of the molecule is CN(CC(=O)NC(=O)NCc1cccs1)C1CCCCCC1. The first-order valence-electron chi connectivity index (χ1n) is 7.95. The summed E-state index contributed by atoms with van der Waals surface area (Å²) in [6.45, 7) is 0.729. The van der Waals surface area contributed by atoms with Crippen LogP contribution in [0.3, 0.4) is 0 Å². The molecule has 1 aromatic rings. The van der Waals surface area contributed by atoms with E-state index in [1.54, 1.807) is 11.3 Å². The molecule has 0 atom stereocenters. The highest BCUT2D eigenvalue weighted by atomic mass is 32.1. The molecule has 3 amide bonds. The Balaban J connectivity index is 1.68. The molecular formula is C16H25N3O2S. The van der Waals surface area contributed by atoms with Gasteiger partial charge in [0, 0.05) is 10.9 Å². The lowest BCUT2D eigenvalue weighted by molar-refractivity contribution is -0.121. The summed E-state index contributed by atoms with van der Waals surface area (Å²) in [5.74, 6) is -0.240. The van der Waals surface area contributed by atoms with E-state index in [-0.39, 0.29) is 12.5 Å². The molecule has 6 heteroatoms. The maximum Gasteiger partial charge on any atom is 0.321 e. The van der Waals surface area contributed by atoms with Gasteiger partial charge in [-0.3, -0.25) is 15.0 Å². The van der Waals surface area contributed by atoms with Gasteiger partial charge in [0.05, 0.1) is 13.1 Å². The van der Waals surface area contributed by atoms with Crippen LogP contribution in [-0.2, 0) is 11.3 Å². The summed E-state index contributed by atoms with van der Waals surface area (Å²) in [5, 5.41) is 7.06. The van der Waals surface area contributed by atoms with Crippen molar-refractivity contribution in [2.24, 2.45) is 0 Å². The van der Waals surface area contributed by atoms with Crippen molar-refractivity contribution in [3.05, 3.63) is 22.4 Å². The summed E-state index contributed by atoms with van der Waals surface area (Å²) in [7, 11) is 1.97. The monoisotopic (exact) mass is 323 g/mol. The topological polar surface area (TPSA) is 61.4 Å². The van der Waals surface area contributed by atoms with Crippen LogP contribution >= 0.6 is 11.3 Å². The van der Waals surface area contributed by atoms with Crippen molar-refractivity contribution in [1.82, 2.24) is 15.5 Å². The maximum absolute atomic E-state index is 11.9. The summed E-state index contributed by atoms with van der Waals surface area (Å²) in [4.78, 5) is 26.8. The fourth-order valence-electron chi connectivity index (χ4n) is 2.85. The van der Waals surface area contributed by atoms with Gasteiger partial charge >= 0.3 is 6.03 Å².